The average molecular weight is 449 g/mol. The lowest BCUT2D eigenvalue weighted by atomic mass is 9.90. The fourth-order valence-electron chi connectivity index (χ4n) is 5.13. The molecule has 6 rings (SSSR count). The smallest absolute Gasteiger partial charge is 0.335 e. The number of fused-ring (bicyclic) bond motifs is 2. The Morgan fingerprint density at radius 2 is 1.85 bits per heavy atom. The highest BCUT2D eigenvalue weighted by Gasteiger charge is 2.49. The third kappa shape index (κ3) is 3.05. The molecule has 2 aliphatic rings. The van der Waals surface area contributed by atoms with E-state index in [-0.39, 0.29) is 16.8 Å². The Bertz CT molecular complexity index is 1540. The van der Waals surface area contributed by atoms with Gasteiger partial charge in [-0.3, -0.25) is 4.99 Å². The number of carbonyl (C=O) groups is 1. The molecule has 4 aromatic rings. The predicted molar refractivity (Wildman–Crippen MR) is 128 cm³/mol. The van der Waals surface area contributed by atoms with Gasteiger partial charge in [-0.15, -0.1) is 0 Å². The molecule has 166 valence electrons. The maximum absolute atomic E-state index is 13.8. The molecular weight excluding hydrogens is 429 g/mol. The number of aliphatic imine (C=N–C) groups is 1. The van der Waals surface area contributed by atoms with Crippen molar-refractivity contribution >= 4 is 23.1 Å². The molecule has 0 unspecified atom stereocenters. The van der Waals surface area contributed by atoms with Crippen molar-refractivity contribution < 1.29 is 14.3 Å². The Hall–Kier alpha value is -4.24. The summed E-state index contributed by atoms with van der Waals surface area (Å²) < 4.78 is 16.0. The second kappa shape index (κ2) is 7.39. The molecule has 34 heavy (non-hydrogen) atoms. The van der Waals surface area contributed by atoms with Crippen molar-refractivity contribution in [3.8, 4) is 22.9 Å². The maximum Gasteiger partial charge on any atom is 0.335 e. The summed E-state index contributed by atoms with van der Waals surface area (Å²) in [5.41, 5.74) is 6.82. The third-order valence-electron chi connectivity index (χ3n) is 7.00. The molecule has 0 spiro atoms. The zero-order chi connectivity index (χ0) is 23.4. The van der Waals surface area contributed by atoms with E-state index in [0.29, 0.717) is 13.0 Å². The highest BCUT2D eigenvalue weighted by atomic mass is 19.1. The molecule has 1 fully saturated rings. The fraction of sp³-hybridized carbons (Fsp3) is 0.179. The van der Waals surface area contributed by atoms with Crippen LogP contribution in [0.2, 0.25) is 0 Å². The van der Waals surface area contributed by atoms with Crippen LogP contribution in [0.15, 0.2) is 65.7 Å². The van der Waals surface area contributed by atoms with E-state index in [9.17, 15) is 19.6 Å². The fourth-order valence-corrected chi connectivity index (χ4v) is 5.13. The van der Waals surface area contributed by atoms with Gasteiger partial charge in [-0.25, -0.2) is 9.18 Å². The van der Waals surface area contributed by atoms with Crippen molar-refractivity contribution in [2.24, 2.45) is 4.99 Å². The maximum atomic E-state index is 13.8. The summed E-state index contributed by atoms with van der Waals surface area (Å²) >= 11 is 0. The summed E-state index contributed by atoms with van der Waals surface area (Å²) in [4.78, 5) is 15.9. The molecule has 0 bridgehead atoms. The highest BCUT2D eigenvalue weighted by Crippen LogP contribution is 2.56. The first-order chi connectivity index (χ1) is 16.5. The van der Waals surface area contributed by atoms with E-state index in [2.05, 4.69) is 27.8 Å². The van der Waals surface area contributed by atoms with E-state index < -0.39 is 5.97 Å². The second-order valence-electron chi connectivity index (χ2n) is 9.07. The molecule has 6 heteroatoms. The van der Waals surface area contributed by atoms with Crippen molar-refractivity contribution in [1.82, 2.24) is 4.57 Å². The van der Waals surface area contributed by atoms with E-state index in [0.717, 1.165) is 57.4 Å². The second-order valence-corrected chi connectivity index (χ2v) is 9.07. The van der Waals surface area contributed by atoms with Crippen LogP contribution in [-0.2, 0) is 12.0 Å². The van der Waals surface area contributed by atoms with Gasteiger partial charge in [0, 0.05) is 40.4 Å². The molecule has 0 amide bonds. The Morgan fingerprint density at radius 1 is 1.12 bits per heavy atom. The van der Waals surface area contributed by atoms with Crippen LogP contribution in [0.4, 0.5) is 4.39 Å². The number of aromatic carboxylic acids is 1. The van der Waals surface area contributed by atoms with Gasteiger partial charge in [-0.2, -0.15) is 5.26 Å². The lowest BCUT2D eigenvalue weighted by molar-refractivity contribution is 0.0697. The first-order valence-electron chi connectivity index (χ1n) is 11.2. The summed E-state index contributed by atoms with van der Waals surface area (Å²) in [6.45, 7) is 0.614. The van der Waals surface area contributed by atoms with Crippen molar-refractivity contribution in [1.29, 1.82) is 5.26 Å². The van der Waals surface area contributed by atoms with Gasteiger partial charge >= 0.3 is 5.97 Å². The first kappa shape index (κ1) is 20.4. The normalized spacial score (nSPS) is 15.3. The monoisotopic (exact) mass is 449 g/mol. The average Bonchev–Trinajstić information content (AvgIpc) is 3.33. The number of hydrogen-bond acceptors (Lipinski definition) is 3. The molecule has 0 atom stereocenters. The molecule has 1 saturated carbocycles. The van der Waals surface area contributed by atoms with Crippen LogP contribution in [0.5, 0.6) is 0 Å². The molecular formula is C28H20FN3O2. The molecule has 1 aliphatic carbocycles. The summed E-state index contributed by atoms with van der Waals surface area (Å²) in [7, 11) is 0. The van der Waals surface area contributed by atoms with Gasteiger partial charge in [0.15, 0.2) is 0 Å². The number of benzene rings is 3. The van der Waals surface area contributed by atoms with Crippen molar-refractivity contribution in [2.75, 3.05) is 0 Å². The van der Waals surface area contributed by atoms with Crippen molar-refractivity contribution in [3.05, 3.63) is 88.9 Å². The molecule has 1 aliphatic heterocycles. The van der Waals surface area contributed by atoms with E-state index in [1.165, 1.54) is 12.1 Å². The number of carboxylic acid groups (broad SMARTS) is 1. The zero-order valence-corrected chi connectivity index (χ0v) is 18.3. The summed E-state index contributed by atoms with van der Waals surface area (Å²) in [5.74, 6) is -1.28. The lowest BCUT2D eigenvalue weighted by Gasteiger charge is -2.19. The molecule has 3 aromatic carbocycles. The minimum atomic E-state index is -0.973. The van der Waals surface area contributed by atoms with E-state index in [1.54, 1.807) is 24.3 Å². The molecule has 0 saturated heterocycles. The number of nitriles is 1. The summed E-state index contributed by atoms with van der Waals surface area (Å²) in [6.07, 6.45) is 4.03. The largest absolute Gasteiger partial charge is 0.478 e. The van der Waals surface area contributed by atoms with Crippen LogP contribution >= 0.6 is 0 Å². The molecule has 0 radical (unpaired) electrons. The molecule has 5 nitrogen and oxygen atoms in total. The van der Waals surface area contributed by atoms with Gasteiger partial charge in [0.25, 0.3) is 0 Å². The number of rotatable bonds is 5. The molecule has 1 N–H and O–H groups in total. The summed E-state index contributed by atoms with van der Waals surface area (Å²) in [6, 6.07) is 20.0. The van der Waals surface area contributed by atoms with E-state index in [1.807, 2.05) is 18.3 Å². The van der Waals surface area contributed by atoms with Gasteiger partial charge < -0.3 is 9.67 Å². The van der Waals surface area contributed by atoms with Crippen LogP contribution in [0.3, 0.4) is 0 Å². The van der Waals surface area contributed by atoms with Crippen LogP contribution in [0, 0.1) is 17.1 Å². The van der Waals surface area contributed by atoms with Gasteiger partial charge in [0.05, 0.1) is 23.7 Å². The predicted octanol–water partition coefficient (Wildman–Crippen LogP) is 6.01. The number of halogens is 1. The Morgan fingerprint density at radius 3 is 2.50 bits per heavy atom. The van der Waals surface area contributed by atoms with Crippen molar-refractivity contribution in [2.45, 2.75) is 31.2 Å². The van der Waals surface area contributed by atoms with Crippen molar-refractivity contribution in [3.63, 3.8) is 0 Å². The Balaban J connectivity index is 1.73. The topological polar surface area (TPSA) is 78.4 Å². The standard InChI is InChI=1S/C28H20FN3O2/c29-21-5-7-22(8-6-21)32-24-14-20-16-31-15-19(20)13-23(24)25(26(32)28(9-10-28)11-12-30)17-1-3-18(4-2-17)27(33)34/h1-8,13-14,16H,9-11,15H2,(H,33,34). The van der Waals surface area contributed by atoms with E-state index in [4.69, 9.17) is 0 Å². The van der Waals surface area contributed by atoms with Gasteiger partial charge in [-0.1, -0.05) is 12.1 Å². The first-order valence-corrected chi connectivity index (χ1v) is 11.2. The Labute approximate surface area is 195 Å². The summed E-state index contributed by atoms with van der Waals surface area (Å²) in [5, 5.41) is 20.1. The third-order valence-corrected chi connectivity index (χ3v) is 7.00. The number of aromatic nitrogens is 1. The van der Waals surface area contributed by atoms with Crippen LogP contribution in [-0.4, -0.2) is 21.9 Å². The minimum absolute atomic E-state index is 0.222. The SMILES string of the molecule is N#CCC1(c2c(-c3ccc(C(=O)O)cc3)c3cc4c(cc3n2-c2ccc(F)cc2)C=NC4)CC1. The van der Waals surface area contributed by atoms with Crippen LogP contribution in [0.25, 0.3) is 27.7 Å². The number of hydrogen-bond donors (Lipinski definition) is 1. The Kier molecular flexibility index (Phi) is 4.43. The van der Waals surface area contributed by atoms with Gasteiger partial charge in [-0.05, 0) is 78.1 Å². The van der Waals surface area contributed by atoms with Gasteiger partial charge in [0.2, 0.25) is 0 Å². The number of nitrogens with zero attached hydrogens (tertiary/aromatic N) is 3. The van der Waals surface area contributed by atoms with Crippen LogP contribution in [0.1, 0.15) is 46.4 Å². The lowest BCUT2D eigenvalue weighted by Crippen LogP contribution is -2.13. The van der Waals surface area contributed by atoms with E-state index >= 15 is 0 Å². The quantitative estimate of drug-likeness (QED) is 0.405. The highest BCUT2D eigenvalue weighted by molar-refractivity contribution is 6.04. The minimum Gasteiger partial charge on any atom is -0.478 e. The zero-order valence-electron chi connectivity index (χ0n) is 18.3. The van der Waals surface area contributed by atoms with Crippen LogP contribution < -0.4 is 0 Å². The molecule has 1 aromatic heterocycles. The van der Waals surface area contributed by atoms with Gasteiger partial charge in [0.1, 0.15) is 5.82 Å². The number of carboxylic acids is 1. The molecule has 2 heterocycles.